The second kappa shape index (κ2) is 4.51. The third-order valence-electron chi connectivity index (χ3n) is 3.75. The number of para-hydroxylation sites is 1. The van der Waals surface area contributed by atoms with Crippen LogP contribution in [-0.2, 0) is 0 Å². The summed E-state index contributed by atoms with van der Waals surface area (Å²) in [4.78, 5) is 23.0. The van der Waals surface area contributed by atoms with Crippen molar-refractivity contribution < 1.29 is 14.1 Å². The van der Waals surface area contributed by atoms with Crippen molar-refractivity contribution in [2.45, 2.75) is 0 Å². The molecule has 0 aliphatic heterocycles. The molecule has 7 nitrogen and oxygen atoms in total. The van der Waals surface area contributed by atoms with Gasteiger partial charge in [-0.05, 0) is 12.1 Å². The third-order valence-corrected chi connectivity index (χ3v) is 3.75. The van der Waals surface area contributed by atoms with Crippen molar-refractivity contribution in [2.24, 2.45) is 0 Å². The second-order valence-corrected chi connectivity index (χ2v) is 5.08. The maximum absolute atomic E-state index is 12.6. The molecule has 0 N–H and O–H groups in total. The van der Waals surface area contributed by atoms with Gasteiger partial charge in [0.1, 0.15) is 11.0 Å². The van der Waals surface area contributed by atoms with Crippen molar-refractivity contribution in [3.8, 4) is 0 Å². The van der Waals surface area contributed by atoms with Crippen LogP contribution >= 0.6 is 0 Å². The van der Waals surface area contributed by atoms with Gasteiger partial charge in [0.15, 0.2) is 11.8 Å². The third kappa shape index (κ3) is 1.83. The molecule has 0 spiro atoms. The molecular weight excluding hydrogens is 300 g/mol. The van der Waals surface area contributed by atoms with Crippen LogP contribution in [0.25, 0.3) is 32.8 Å². The van der Waals surface area contributed by atoms with E-state index in [-0.39, 0.29) is 33.0 Å². The Labute approximate surface area is 127 Å². The Morgan fingerprint density at radius 1 is 1.04 bits per heavy atom. The highest BCUT2D eigenvalue weighted by Crippen LogP contribution is 2.27. The number of nitrogens with zero attached hydrogens (tertiary/aromatic N) is 2. The average molecular weight is 308 g/mol. The van der Waals surface area contributed by atoms with Crippen molar-refractivity contribution >= 4 is 38.5 Å². The molecule has 0 saturated carbocycles. The zero-order valence-electron chi connectivity index (χ0n) is 11.6. The Kier molecular flexibility index (Phi) is 2.59. The summed E-state index contributed by atoms with van der Waals surface area (Å²) >= 11 is 0. The van der Waals surface area contributed by atoms with Crippen molar-refractivity contribution in [2.75, 3.05) is 0 Å². The lowest BCUT2D eigenvalue weighted by Gasteiger charge is -2.06. The lowest BCUT2D eigenvalue weighted by Crippen LogP contribution is -2.27. The van der Waals surface area contributed by atoms with Gasteiger partial charge in [-0.25, -0.2) is 0 Å². The summed E-state index contributed by atoms with van der Waals surface area (Å²) in [6.07, 6.45) is 1.14. The molecule has 0 radical (unpaired) electrons. The van der Waals surface area contributed by atoms with E-state index in [9.17, 15) is 20.1 Å². The molecule has 7 heteroatoms. The number of nitro groups is 1. The summed E-state index contributed by atoms with van der Waals surface area (Å²) in [5, 5.41) is 23.8. The number of nitro benzene ring substituents is 1. The minimum atomic E-state index is -0.563. The summed E-state index contributed by atoms with van der Waals surface area (Å²) < 4.78 is 6.28. The number of aromatic nitrogens is 1. The monoisotopic (exact) mass is 308 g/mol. The maximum atomic E-state index is 12.6. The number of hydrogen-bond acceptors (Lipinski definition) is 5. The number of hydrogen-bond donors (Lipinski definition) is 0. The molecule has 112 valence electrons. The van der Waals surface area contributed by atoms with E-state index in [1.54, 1.807) is 24.3 Å². The number of rotatable bonds is 1. The van der Waals surface area contributed by atoms with E-state index in [2.05, 4.69) is 0 Å². The minimum absolute atomic E-state index is 0.0895. The van der Waals surface area contributed by atoms with Crippen LogP contribution in [0.1, 0.15) is 0 Å². The van der Waals surface area contributed by atoms with E-state index in [4.69, 9.17) is 4.42 Å². The molecule has 4 rings (SSSR count). The molecule has 0 aliphatic rings. The van der Waals surface area contributed by atoms with Gasteiger partial charge in [-0.3, -0.25) is 14.9 Å². The van der Waals surface area contributed by atoms with Gasteiger partial charge >= 0.3 is 0 Å². The number of non-ortho nitro benzene ring substituents is 1. The van der Waals surface area contributed by atoms with E-state index in [0.29, 0.717) is 15.7 Å². The average Bonchev–Trinajstić information content (AvgIpc) is 2.56. The predicted octanol–water partition coefficient (Wildman–Crippen LogP) is 2.64. The van der Waals surface area contributed by atoms with Gasteiger partial charge in [-0.15, -0.1) is 0 Å². The molecular formula is C16H8N2O5. The van der Waals surface area contributed by atoms with Crippen molar-refractivity contribution in [1.29, 1.82) is 0 Å². The molecule has 0 atom stereocenters. The Hall–Kier alpha value is -3.48. The van der Waals surface area contributed by atoms with Crippen LogP contribution in [0.3, 0.4) is 0 Å². The molecule has 23 heavy (non-hydrogen) atoms. The Balaban J connectivity index is 2.29. The number of fused-ring (bicyclic) bond motifs is 4. The summed E-state index contributed by atoms with van der Waals surface area (Å²) in [6.45, 7) is 0. The first-order valence-electron chi connectivity index (χ1n) is 6.72. The highest BCUT2D eigenvalue weighted by Gasteiger charge is 2.19. The zero-order chi connectivity index (χ0) is 16.1. The van der Waals surface area contributed by atoms with E-state index in [1.165, 1.54) is 18.2 Å². The first-order chi connectivity index (χ1) is 11.1. The van der Waals surface area contributed by atoms with Crippen LogP contribution in [0.15, 0.2) is 57.9 Å². The van der Waals surface area contributed by atoms with Crippen LogP contribution in [0, 0.1) is 15.3 Å². The molecule has 2 heterocycles. The SMILES string of the molecule is O=c1c2ccccc2oc2c1c[n+]([O-])c1ccc([N+](=O)[O-])cc21. The van der Waals surface area contributed by atoms with Crippen LogP contribution in [0.4, 0.5) is 5.69 Å². The first kappa shape index (κ1) is 13.2. The molecule has 2 aromatic heterocycles. The quantitative estimate of drug-likeness (QED) is 0.134. The predicted molar refractivity (Wildman–Crippen MR) is 83.1 cm³/mol. The number of benzene rings is 2. The van der Waals surface area contributed by atoms with Gasteiger partial charge in [-0.2, -0.15) is 4.73 Å². The molecule has 0 saturated heterocycles. The van der Waals surface area contributed by atoms with Gasteiger partial charge in [0.2, 0.25) is 10.9 Å². The summed E-state index contributed by atoms with van der Waals surface area (Å²) in [6, 6.07) is 10.5. The van der Waals surface area contributed by atoms with E-state index < -0.39 is 4.92 Å². The molecule has 0 aliphatic carbocycles. The lowest BCUT2D eigenvalue weighted by atomic mass is 10.1. The van der Waals surface area contributed by atoms with Crippen molar-refractivity contribution in [1.82, 2.24) is 0 Å². The van der Waals surface area contributed by atoms with E-state index in [1.807, 2.05) is 0 Å². The molecule has 2 aromatic carbocycles. The fourth-order valence-electron chi connectivity index (χ4n) is 2.67. The molecule has 0 unspecified atom stereocenters. The maximum Gasteiger partial charge on any atom is 0.270 e. The number of pyridine rings is 1. The smallest absolute Gasteiger partial charge is 0.270 e. The Bertz CT molecular complexity index is 1180. The van der Waals surface area contributed by atoms with Gasteiger partial charge < -0.3 is 9.62 Å². The summed E-state index contributed by atoms with van der Waals surface area (Å²) in [7, 11) is 0. The lowest BCUT2D eigenvalue weighted by molar-refractivity contribution is -0.575. The highest BCUT2D eigenvalue weighted by atomic mass is 16.6. The van der Waals surface area contributed by atoms with Crippen molar-refractivity contribution in [3.05, 3.63) is 74.2 Å². The molecule has 0 bridgehead atoms. The Morgan fingerprint density at radius 2 is 1.83 bits per heavy atom. The van der Waals surface area contributed by atoms with Crippen LogP contribution in [0.2, 0.25) is 0 Å². The van der Waals surface area contributed by atoms with Crippen LogP contribution < -0.4 is 10.2 Å². The van der Waals surface area contributed by atoms with E-state index in [0.717, 1.165) is 6.20 Å². The molecule has 0 fully saturated rings. The second-order valence-electron chi connectivity index (χ2n) is 5.08. The van der Waals surface area contributed by atoms with Gasteiger partial charge in [0.05, 0.1) is 15.7 Å². The summed E-state index contributed by atoms with van der Waals surface area (Å²) in [5.74, 6) is 0. The molecule has 0 amide bonds. The Morgan fingerprint density at radius 3 is 2.61 bits per heavy atom. The highest BCUT2D eigenvalue weighted by molar-refractivity contribution is 6.03. The largest absolute Gasteiger partial charge is 0.618 e. The standard InChI is InChI=1S/C16H8N2O5/c19-15-10-3-1-2-4-14(10)23-16-11-7-9(18(21)22)5-6-13(11)17(20)8-12(15)16/h1-8H. The molecule has 4 aromatic rings. The van der Waals surface area contributed by atoms with Crippen molar-refractivity contribution in [3.63, 3.8) is 0 Å². The van der Waals surface area contributed by atoms with Crippen LogP contribution in [-0.4, -0.2) is 4.92 Å². The first-order valence-corrected chi connectivity index (χ1v) is 6.72. The summed E-state index contributed by atoms with van der Waals surface area (Å²) in [5.41, 5.74) is 0.197. The fourth-order valence-corrected chi connectivity index (χ4v) is 2.67. The minimum Gasteiger partial charge on any atom is -0.618 e. The fraction of sp³-hybridized carbons (Fsp3) is 0. The van der Waals surface area contributed by atoms with E-state index >= 15 is 0 Å². The van der Waals surface area contributed by atoms with Gasteiger partial charge in [-0.1, -0.05) is 12.1 Å². The van der Waals surface area contributed by atoms with Crippen LogP contribution in [0.5, 0.6) is 0 Å². The van der Waals surface area contributed by atoms with Gasteiger partial charge in [0.25, 0.3) is 5.69 Å². The topological polar surface area (TPSA) is 100 Å². The zero-order valence-corrected chi connectivity index (χ0v) is 11.6. The normalized spacial score (nSPS) is 11.3. The van der Waals surface area contributed by atoms with Gasteiger partial charge in [0, 0.05) is 18.2 Å².